The predicted octanol–water partition coefficient (Wildman–Crippen LogP) is 3.47. The van der Waals surface area contributed by atoms with E-state index in [-0.39, 0.29) is 18.9 Å². The quantitative estimate of drug-likeness (QED) is 0.748. The van der Waals surface area contributed by atoms with E-state index in [0.29, 0.717) is 36.0 Å². The fraction of sp³-hybridized carbons (Fsp3) is 0.474. The molecule has 0 aliphatic heterocycles. The summed E-state index contributed by atoms with van der Waals surface area (Å²) in [5.41, 5.74) is -0.0558. The van der Waals surface area contributed by atoms with Crippen LogP contribution in [0.5, 0.6) is 0 Å². The van der Waals surface area contributed by atoms with E-state index in [1.165, 1.54) is 0 Å². The first-order valence-corrected chi connectivity index (χ1v) is 9.45. The molecule has 1 fully saturated rings. The molecule has 0 atom stereocenters. The third-order valence-electron chi connectivity index (χ3n) is 5.02. The molecule has 1 aromatic carbocycles. The highest BCUT2D eigenvalue weighted by Crippen LogP contribution is 2.36. The second-order valence-corrected chi connectivity index (χ2v) is 7.38. The Kier molecular flexibility index (Phi) is 6.11. The molecule has 1 aliphatic rings. The number of rotatable bonds is 7. The second-order valence-electron chi connectivity index (χ2n) is 6.94. The van der Waals surface area contributed by atoms with E-state index in [2.05, 4.69) is 15.5 Å². The molecule has 7 nitrogen and oxygen atoms in total. The number of hydrogen-bond donors (Lipinski definition) is 2. The molecule has 27 heavy (non-hydrogen) atoms. The van der Waals surface area contributed by atoms with Crippen LogP contribution in [-0.2, 0) is 16.0 Å². The van der Waals surface area contributed by atoms with Crippen molar-refractivity contribution in [2.24, 2.45) is 5.41 Å². The Morgan fingerprint density at radius 3 is 2.56 bits per heavy atom. The fourth-order valence-electron chi connectivity index (χ4n) is 3.34. The topological polar surface area (TPSA) is 105 Å². The lowest BCUT2D eigenvalue weighted by atomic mass is 9.74. The van der Waals surface area contributed by atoms with Crippen LogP contribution in [0.25, 0.3) is 11.4 Å². The van der Waals surface area contributed by atoms with E-state index >= 15 is 0 Å². The summed E-state index contributed by atoms with van der Waals surface area (Å²) in [6.07, 6.45) is 4.50. The average Bonchev–Trinajstić information content (AvgIpc) is 3.15. The molecule has 2 aromatic rings. The van der Waals surface area contributed by atoms with Crippen LogP contribution in [0.1, 0.15) is 44.4 Å². The van der Waals surface area contributed by atoms with Crippen LogP contribution in [0.3, 0.4) is 0 Å². The summed E-state index contributed by atoms with van der Waals surface area (Å²) in [6, 6.07) is 7.06. The van der Waals surface area contributed by atoms with Crippen LogP contribution >= 0.6 is 11.6 Å². The Morgan fingerprint density at radius 1 is 1.19 bits per heavy atom. The minimum atomic E-state index is -0.833. The van der Waals surface area contributed by atoms with Crippen molar-refractivity contribution in [3.63, 3.8) is 0 Å². The van der Waals surface area contributed by atoms with Crippen LogP contribution in [0, 0.1) is 5.41 Å². The number of benzene rings is 1. The van der Waals surface area contributed by atoms with Crippen molar-refractivity contribution in [1.82, 2.24) is 15.5 Å². The molecule has 0 unspecified atom stereocenters. The first-order chi connectivity index (χ1) is 13.0. The summed E-state index contributed by atoms with van der Waals surface area (Å²) in [7, 11) is 0. The van der Waals surface area contributed by atoms with Gasteiger partial charge in [0.2, 0.25) is 17.6 Å². The number of carboxylic acid groups (broad SMARTS) is 1. The maximum atomic E-state index is 12.1. The van der Waals surface area contributed by atoms with Gasteiger partial charge in [-0.25, -0.2) is 0 Å². The van der Waals surface area contributed by atoms with E-state index in [1.807, 2.05) is 0 Å². The van der Waals surface area contributed by atoms with Crippen LogP contribution in [0.15, 0.2) is 28.8 Å². The Bertz CT molecular complexity index is 798. The van der Waals surface area contributed by atoms with E-state index in [9.17, 15) is 14.7 Å². The van der Waals surface area contributed by atoms with Gasteiger partial charge in [-0.15, -0.1) is 0 Å². The third kappa shape index (κ3) is 4.86. The number of halogens is 1. The molecule has 8 heteroatoms. The van der Waals surface area contributed by atoms with Crippen LogP contribution in [-0.4, -0.2) is 33.7 Å². The van der Waals surface area contributed by atoms with E-state index < -0.39 is 11.4 Å². The molecular weight excluding hydrogens is 370 g/mol. The number of amides is 1. The Balaban J connectivity index is 1.50. The van der Waals surface area contributed by atoms with Gasteiger partial charge in [-0.3, -0.25) is 9.59 Å². The van der Waals surface area contributed by atoms with Crippen LogP contribution in [0.2, 0.25) is 5.02 Å². The summed E-state index contributed by atoms with van der Waals surface area (Å²) in [5, 5.41) is 16.8. The molecule has 3 rings (SSSR count). The Labute approximate surface area is 162 Å². The monoisotopic (exact) mass is 391 g/mol. The molecule has 0 spiro atoms. The molecule has 1 aromatic heterocycles. The second kappa shape index (κ2) is 8.52. The van der Waals surface area contributed by atoms with Gasteiger partial charge in [0.15, 0.2) is 0 Å². The van der Waals surface area contributed by atoms with Crippen molar-refractivity contribution >= 4 is 23.5 Å². The molecule has 1 heterocycles. The van der Waals surface area contributed by atoms with Gasteiger partial charge < -0.3 is 14.9 Å². The molecule has 144 valence electrons. The summed E-state index contributed by atoms with van der Waals surface area (Å²) >= 11 is 5.86. The minimum Gasteiger partial charge on any atom is -0.481 e. The number of nitrogens with zero attached hydrogens (tertiary/aromatic N) is 2. The highest BCUT2D eigenvalue weighted by atomic mass is 35.5. The zero-order valence-electron chi connectivity index (χ0n) is 14.9. The largest absolute Gasteiger partial charge is 0.481 e. The molecular formula is C19H22ClN3O4. The lowest BCUT2D eigenvalue weighted by Gasteiger charge is -2.33. The molecule has 1 amide bonds. The van der Waals surface area contributed by atoms with Crippen molar-refractivity contribution in [1.29, 1.82) is 0 Å². The number of aliphatic carboxylic acids is 1. The Morgan fingerprint density at radius 2 is 1.89 bits per heavy atom. The van der Waals surface area contributed by atoms with Crippen molar-refractivity contribution in [2.45, 2.75) is 44.9 Å². The van der Waals surface area contributed by atoms with E-state index in [1.54, 1.807) is 24.3 Å². The molecule has 1 saturated carbocycles. The third-order valence-corrected chi connectivity index (χ3v) is 5.28. The molecule has 0 bridgehead atoms. The SMILES string of the molecule is O=C(CCc1nc(-c2ccc(Cl)cc2)no1)NCC1(C(=O)O)CCCCC1. The number of hydrogen-bond acceptors (Lipinski definition) is 5. The highest BCUT2D eigenvalue weighted by molar-refractivity contribution is 6.30. The Hall–Kier alpha value is -2.41. The normalized spacial score (nSPS) is 16.0. The minimum absolute atomic E-state index is 0.165. The van der Waals surface area contributed by atoms with Gasteiger partial charge in [0.1, 0.15) is 0 Å². The van der Waals surface area contributed by atoms with Gasteiger partial charge in [0.05, 0.1) is 5.41 Å². The summed E-state index contributed by atoms with van der Waals surface area (Å²) < 4.78 is 5.18. The zero-order chi connectivity index (χ0) is 19.3. The number of carbonyl (C=O) groups is 2. The number of carbonyl (C=O) groups excluding carboxylic acids is 1. The van der Waals surface area contributed by atoms with Crippen molar-refractivity contribution in [3.8, 4) is 11.4 Å². The summed E-state index contributed by atoms with van der Waals surface area (Å²) in [6.45, 7) is 0.168. The van der Waals surface area contributed by atoms with E-state index in [4.69, 9.17) is 16.1 Å². The van der Waals surface area contributed by atoms with Crippen molar-refractivity contribution in [3.05, 3.63) is 35.2 Å². The fourth-order valence-corrected chi connectivity index (χ4v) is 3.47. The van der Waals surface area contributed by atoms with Crippen molar-refractivity contribution in [2.75, 3.05) is 6.54 Å². The first kappa shape index (κ1) is 19.4. The lowest BCUT2D eigenvalue weighted by Crippen LogP contribution is -2.44. The van der Waals surface area contributed by atoms with Gasteiger partial charge >= 0.3 is 5.97 Å². The van der Waals surface area contributed by atoms with Gasteiger partial charge in [-0.05, 0) is 37.1 Å². The lowest BCUT2D eigenvalue weighted by molar-refractivity contribution is -0.151. The van der Waals surface area contributed by atoms with Gasteiger partial charge in [0.25, 0.3) is 0 Å². The van der Waals surface area contributed by atoms with Crippen LogP contribution < -0.4 is 5.32 Å². The maximum Gasteiger partial charge on any atom is 0.311 e. The predicted molar refractivity (Wildman–Crippen MR) is 99.2 cm³/mol. The van der Waals surface area contributed by atoms with Gasteiger partial charge in [-0.1, -0.05) is 36.0 Å². The first-order valence-electron chi connectivity index (χ1n) is 9.07. The molecule has 2 N–H and O–H groups in total. The number of nitrogens with one attached hydrogen (secondary N) is 1. The summed E-state index contributed by atoms with van der Waals surface area (Å²) in [4.78, 5) is 28.0. The number of aromatic nitrogens is 2. The van der Waals surface area contributed by atoms with Crippen molar-refractivity contribution < 1.29 is 19.2 Å². The zero-order valence-corrected chi connectivity index (χ0v) is 15.7. The molecule has 1 aliphatic carbocycles. The smallest absolute Gasteiger partial charge is 0.311 e. The average molecular weight is 392 g/mol. The number of carboxylic acids is 1. The molecule has 0 saturated heterocycles. The van der Waals surface area contributed by atoms with Crippen LogP contribution in [0.4, 0.5) is 0 Å². The summed E-state index contributed by atoms with van der Waals surface area (Å²) in [5.74, 6) is -0.241. The highest BCUT2D eigenvalue weighted by Gasteiger charge is 2.39. The van der Waals surface area contributed by atoms with Gasteiger partial charge in [-0.2, -0.15) is 4.98 Å². The standard InChI is InChI=1S/C19H22ClN3O4/c20-14-6-4-13(5-7-14)17-22-16(27-23-17)9-8-15(24)21-12-19(18(25)26)10-2-1-3-11-19/h4-7H,1-3,8-12H2,(H,21,24)(H,25,26). The molecule has 0 radical (unpaired) electrons. The maximum absolute atomic E-state index is 12.1. The van der Waals surface area contributed by atoms with E-state index in [0.717, 1.165) is 24.8 Å². The van der Waals surface area contributed by atoms with Gasteiger partial charge in [0, 0.05) is 30.0 Å². The number of aryl methyl sites for hydroxylation is 1.